The van der Waals surface area contributed by atoms with Gasteiger partial charge in [-0.1, -0.05) is 53.7 Å². The minimum atomic E-state index is -0.0393. The average molecular weight is 369 g/mol. The van der Waals surface area contributed by atoms with Gasteiger partial charge in [0, 0.05) is 16.8 Å². The molecule has 0 aliphatic heterocycles. The van der Waals surface area contributed by atoms with E-state index in [1.807, 2.05) is 35.7 Å². The molecule has 3 rings (SSSR count). The van der Waals surface area contributed by atoms with Gasteiger partial charge in [-0.15, -0.1) is 11.3 Å². The van der Waals surface area contributed by atoms with Gasteiger partial charge in [-0.05, 0) is 37.1 Å². The molecule has 0 fully saturated rings. The number of para-hydroxylation sites is 1. The lowest BCUT2D eigenvalue weighted by Crippen LogP contribution is -2.14. The summed E-state index contributed by atoms with van der Waals surface area (Å²) in [6.07, 6.45) is 0.301. The van der Waals surface area contributed by atoms with Crippen LogP contribution in [0.25, 0.3) is 0 Å². The van der Waals surface area contributed by atoms with Crippen LogP contribution < -0.4 is 5.32 Å². The highest BCUT2D eigenvalue weighted by Crippen LogP contribution is 2.28. The number of aromatic nitrogens is 1. The van der Waals surface area contributed by atoms with Crippen molar-refractivity contribution in [3.63, 3.8) is 0 Å². The summed E-state index contributed by atoms with van der Waals surface area (Å²) in [5, 5.41) is 4.86. The lowest BCUT2D eigenvalue weighted by molar-refractivity contribution is -0.115. The largest absolute Gasteiger partial charge is 0.326 e. The van der Waals surface area contributed by atoms with Gasteiger partial charge in [0.2, 0.25) is 5.91 Å². The van der Waals surface area contributed by atoms with E-state index in [4.69, 9.17) is 0 Å². The molecule has 5 heteroatoms. The van der Waals surface area contributed by atoms with Gasteiger partial charge in [0.05, 0.1) is 12.1 Å². The number of carbonyl (C=O) groups is 1. The average Bonchev–Trinajstić information content (AvgIpc) is 3.04. The molecule has 0 saturated heterocycles. The molecular weight excluding hydrogens is 348 g/mol. The molecule has 0 atom stereocenters. The van der Waals surface area contributed by atoms with Crippen LogP contribution in [0.4, 0.5) is 5.69 Å². The van der Waals surface area contributed by atoms with Crippen LogP contribution >= 0.6 is 23.1 Å². The summed E-state index contributed by atoms with van der Waals surface area (Å²) in [6.45, 7) is 4.25. The number of benzene rings is 2. The maximum absolute atomic E-state index is 12.1. The van der Waals surface area contributed by atoms with Crippen LogP contribution in [-0.4, -0.2) is 10.9 Å². The first-order valence-electron chi connectivity index (χ1n) is 8.08. The standard InChI is InChI=1S/C20H20N2OS2/c1-14-8-9-15(2)16(10-14)12-24-20-22-18(13-25-20)11-19(23)21-17-6-4-3-5-7-17/h3-10,13H,11-12H2,1-2H3,(H,21,23). The van der Waals surface area contributed by atoms with Crippen molar-refractivity contribution in [2.75, 3.05) is 5.32 Å². The fourth-order valence-electron chi connectivity index (χ4n) is 2.42. The van der Waals surface area contributed by atoms with E-state index in [9.17, 15) is 4.79 Å². The topological polar surface area (TPSA) is 42.0 Å². The number of hydrogen-bond donors (Lipinski definition) is 1. The van der Waals surface area contributed by atoms with E-state index in [1.54, 1.807) is 23.1 Å². The smallest absolute Gasteiger partial charge is 0.230 e. The van der Waals surface area contributed by atoms with Gasteiger partial charge in [-0.2, -0.15) is 0 Å². The molecule has 1 N–H and O–H groups in total. The zero-order chi connectivity index (χ0) is 17.6. The van der Waals surface area contributed by atoms with E-state index in [1.165, 1.54) is 16.7 Å². The van der Waals surface area contributed by atoms with Gasteiger partial charge in [0.25, 0.3) is 0 Å². The van der Waals surface area contributed by atoms with E-state index in [0.29, 0.717) is 6.42 Å². The molecule has 0 aliphatic rings. The van der Waals surface area contributed by atoms with Crippen molar-refractivity contribution in [1.29, 1.82) is 0 Å². The van der Waals surface area contributed by atoms with Gasteiger partial charge in [-0.3, -0.25) is 4.79 Å². The molecule has 0 bridgehead atoms. The van der Waals surface area contributed by atoms with Crippen molar-refractivity contribution < 1.29 is 4.79 Å². The fraction of sp³-hybridized carbons (Fsp3) is 0.200. The molecule has 25 heavy (non-hydrogen) atoms. The van der Waals surface area contributed by atoms with Crippen molar-refractivity contribution in [3.05, 3.63) is 76.3 Å². The maximum Gasteiger partial charge on any atom is 0.230 e. The Balaban J connectivity index is 1.55. The van der Waals surface area contributed by atoms with Crippen LogP contribution in [0.2, 0.25) is 0 Å². The first-order chi connectivity index (χ1) is 12.1. The van der Waals surface area contributed by atoms with Gasteiger partial charge < -0.3 is 5.32 Å². The van der Waals surface area contributed by atoms with Crippen LogP contribution in [-0.2, 0) is 17.0 Å². The number of rotatable bonds is 6. The van der Waals surface area contributed by atoms with E-state index < -0.39 is 0 Å². The molecule has 3 aromatic rings. The number of amides is 1. The minimum absolute atomic E-state index is 0.0393. The number of hydrogen-bond acceptors (Lipinski definition) is 4. The molecule has 1 amide bonds. The van der Waals surface area contributed by atoms with Crippen molar-refractivity contribution >= 4 is 34.7 Å². The number of aryl methyl sites for hydroxylation is 2. The molecule has 0 radical (unpaired) electrons. The zero-order valence-corrected chi connectivity index (χ0v) is 15.9. The monoisotopic (exact) mass is 368 g/mol. The van der Waals surface area contributed by atoms with Gasteiger partial charge in [0.15, 0.2) is 0 Å². The molecule has 0 aliphatic carbocycles. The number of thioether (sulfide) groups is 1. The Bertz CT molecular complexity index is 859. The Morgan fingerprint density at radius 2 is 1.96 bits per heavy atom. The molecule has 128 valence electrons. The Labute approximate surface area is 156 Å². The van der Waals surface area contributed by atoms with E-state index in [2.05, 4.69) is 42.3 Å². The summed E-state index contributed by atoms with van der Waals surface area (Å²) in [4.78, 5) is 16.7. The summed E-state index contributed by atoms with van der Waals surface area (Å²) in [5.74, 6) is 0.860. The van der Waals surface area contributed by atoms with E-state index in [-0.39, 0.29) is 5.91 Å². The Morgan fingerprint density at radius 1 is 1.16 bits per heavy atom. The summed E-state index contributed by atoms with van der Waals surface area (Å²) in [5.41, 5.74) is 5.55. The van der Waals surface area contributed by atoms with Crippen molar-refractivity contribution in [1.82, 2.24) is 4.98 Å². The van der Waals surface area contributed by atoms with Crippen LogP contribution in [0.5, 0.6) is 0 Å². The van der Waals surface area contributed by atoms with Crippen LogP contribution in [0.15, 0.2) is 58.3 Å². The number of nitrogens with one attached hydrogen (secondary N) is 1. The van der Waals surface area contributed by atoms with Gasteiger partial charge in [-0.25, -0.2) is 4.98 Å². The molecule has 1 aromatic heterocycles. The summed E-state index contributed by atoms with van der Waals surface area (Å²) < 4.78 is 1.00. The molecule has 3 nitrogen and oxygen atoms in total. The third-order valence-electron chi connectivity index (χ3n) is 3.79. The molecule has 0 saturated carbocycles. The fourth-order valence-corrected chi connectivity index (χ4v) is 4.33. The third kappa shape index (κ3) is 5.18. The second-order valence-electron chi connectivity index (χ2n) is 5.91. The predicted molar refractivity (Wildman–Crippen MR) is 106 cm³/mol. The Kier molecular flexibility index (Phi) is 5.89. The molecule has 1 heterocycles. The number of anilines is 1. The highest BCUT2D eigenvalue weighted by molar-refractivity contribution is 8.00. The van der Waals surface area contributed by atoms with Crippen molar-refractivity contribution in [3.8, 4) is 0 Å². The predicted octanol–water partition coefficient (Wildman–Crippen LogP) is 5.23. The molecular formula is C20H20N2OS2. The zero-order valence-electron chi connectivity index (χ0n) is 14.3. The van der Waals surface area contributed by atoms with Gasteiger partial charge >= 0.3 is 0 Å². The lowest BCUT2D eigenvalue weighted by Gasteiger charge is -2.05. The van der Waals surface area contributed by atoms with Crippen LogP contribution in [0, 0.1) is 13.8 Å². The maximum atomic E-state index is 12.1. The number of thiazole rings is 1. The first kappa shape index (κ1) is 17.7. The molecule has 2 aromatic carbocycles. The summed E-state index contributed by atoms with van der Waals surface area (Å²) in [6, 6.07) is 16.0. The normalized spacial score (nSPS) is 10.6. The van der Waals surface area contributed by atoms with Gasteiger partial charge in [0.1, 0.15) is 4.34 Å². The number of carbonyl (C=O) groups excluding carboxylic acids is 1. The van der Waals surface area contributed by atoms with Crippen molar-refractivity contribution in [2.45, 2.75) is 30.4 Å². The minimum Gasteiger partial charge on any atom is -0.326 e. The summed E-state index contributed by atoms with van der Waals surface area (Å²) >= 11 is 3.32. The Hall–Kier alpha value is -2.11. The van der Waals surface area contributed by atoms with E-state index in [0.717, 1.165) is 21.5 Å². The Morgan fingerprint density at radius 3 is 2.76 bits per heavy atom. The highest BCUT2D eigenvalue weighted by atomic mass is 32.2. The highest BCUT2D eigenvalue weighted by Gasteiger charge is 2.09. The molecule has 0 unspecified atom stereocenters. The van der Waals surface area contributed by atoms with Crippen LogP contribution in [0.1, 0.15) is 22.4 Å². The number of nitrogens with zero attached hydrogens (tertiary/aromatic N) is 1. The van der Waals surface area contributed by atoms with Crippen molar-refractivity contribution in [2.24, 2.45) is 0 Å². The first-order valence-corrected chi connectivity index (χ1v) is 9.95. The second kappa shape index (κ2) is 8.32. The third-order valence-corrected chi connectivity index (χ3v) is 5.90. The lowest BCUT2D eigenvalue weighted by atomic mass is 10.1. The molecule has 0 spiro atoms. The summed E-state index contributed by atoms with van der Waals surface area (Å²) in [7, 11) is 0. The van der Waals surface area contributed by atoms with E-state index >= 15 is 0 Å². The van der Waals surface area contributed by atoms with Crippen LogP contribution in [0.3, 0.4) is 0 Å². The second-order valence-corrected chi connectivity index (χ2v) is 7.99. The SMILES string of the molecule is Cc1ccc(C)c(CSc2nc(CC(=O)Nc3ccccc3)cs2)c1. The quantitative estimate of drug-likeness (QED) is 0.606.